The molecule has 1 aliphatic rings. The number of aromatic nitrogens is 2. The van der Waals surface area contributed by atoms with Crippen LogP contribution in [0.4, 0.5) is 5.69 Å². The van der Waals surface area contributed by atoms with Crippen molar-refractivity contribution in [3.8, 4) is 5.69 Å². The maximum Gasteiger partial charge on any atom is 0.240 e. The predicted octanol–water partition coefficient (Wildman–Crippen LogP) is 1.95. The van der Waals surface area contributed by atoms with Gasteiger partial charge in [-0.05, 0) is 51.0 Å². The van der Waals surface area contributed by atoms with Gasteiger partial charge in [-0.25, -0.2) is 4.98 Å². The van der Waals surface area contributed by atoms with Crippen LogP contribution in [0.1, 0.15) is 24.2 Å². The number of nitrogens with zero attached hydrogens (tertiary/aromatic N) is 2. The second kappa shape index (κ2) is 5.53. The molecule has 1 saturated carbocycles. The molecule has 0 saturated heterocycles. The van der Waals surface area contributed by atoms with Crippen LogP contribution in [-0.4, -0.2) is 28.4 Å². The first-order valence-corrected chi connectivity index (χ1v) is 7.62. The van der Waals surface area contributed by atoms with E-state index >= 15 is 0 Å². The SMILES string of the molecule is CNC(=O)C1(C(=O)Nc2ccc(-n3cnc(C)c3C)cc2)CC1. The van der Waals surface area contributed by atoms with Crippen LogP contribution < -0.4 is 10.6 Å². The van der Waals surface area contributed by atoms with E-state index in [0.717, 1.165) is 17.1 Å². The average Bonchev–Trinajstić information content (AvgIpc) is 3.31. The van der Waals surface area contributed by atoms with Crippen molar-refractivity contribution in [2.75, 3.05) is 12.4 Å². The number of hydrogen-bond donors (Lipinski definition) is 2. The van der Waals surface area contributed by atoms with Gasteiger partial charge in [-0.15, -0.1) is 0 Å². The van der Waals surface area contributed by atoms with E-state index in [4.69, 9.17) is 0 Å². The second-order valence-corrected chi connectivity index (χ2v) is 5.95. The smallest absolute Gasteiger partial charge is 0.240 e. The molecular formula is C17H20N4O2. The van der Waals surface area contributed by atoms with E-state index in [1.165, 1.54) is 0 Å². The van der Waals surface area contributed by atoms with Crippen LogP contribution in [0.5, 0.6) is 0 Å². The molecule has 1 aromatic carbocycles. The van der Waals surface area contributed by atoms with Crippen molar-refractivity contribution in [2.45, 2.75) is 26.7 Å². The van der Waals surface area contributed by atoms with Gasteiger partial charge >= 0.3 is 0 Å². The molecule has 0 radical (unpaired) electrons. The lowest BCUT2D eigenvalue weighted by Gasteiger charge is -2.14. The summed E-state index contributed by atoms with van der Waals surface area (Å²) in [4.78, 5) is 28.4. The number of rotatable bonds is 4. The number of imidazole rings is 1. The van der Waals surface area contributed by atoms with Gasteiger partial charge in [0.2, 0.25) is 11.8 Å². The Morgan fingerprint density at radius 2 is 1.78 bits per heavy atom. The maximum absolute atomic E-state index is 12.3. The highest BCUT2D eigenvalue weighted by Gasteiger charge is 2.56. The first-order valence-electron chi connectivity index (χ1n) is 7.62. The Hall–Kier alpha value is -2.63. The highest BCUT2D eigenvalue weighted by atomic mass is 16.2. The van der Waals surface area contributed by atoms with Crippen LogP contribution in [0.2, 0.25) is 0 Å². The van der Waals surface area contributed by atoms with Crippen molar-refractivity contribution in [2.24, 2.45) is 5.41 Å². The summed E-state index contributed by atoms with van der Waals surface area (Å²) < 4.78 is 1.99. The van der Waals surface area contributed by atoms with Crippen LogP contribution in [-0.2, 0) is 9.59 Å². The molecule has 3 rings (SSSR count). The van der Waals surface area contributed by atoms with Crippen LogP contribution >= 0.6 is 0 Å². The van der Waals surface area contributed by atoms with Crippen molar-refractivity contribution in [3.63, 3.8) is 0 Å². The highest BCUT2D eigenvalue weighted by molar-refractivity contribution is 6.12. The van der Waals surface area contributed by atoms with Gasteiger partial charge < -0.3 is 15.2 Å². The fraction of sp³-hybridized carbons (Fsp3) is 0.353. The van der Waals surface area contributed by atoms with Gasteiger partial charge in [-0.2, -0.15) is 0 Å². The molecule has 1 aliphatic carbocycles. The minimum absolute atomic E-state index is 0.212. The first kappa shape index (κ1) is 15.3. The highest BCUT2D eigenvalue weighted by Crippen LogP contribution is 2.46. The van der Waals surface area contributed by atoms with Gasteiger partial charge in [0.15, 0.2) is 0 Å². The van der Waals surface area contributed by atoms with Crippen LogP contribution in [0, 0.1) is 19.3 Å². The molecule has 23 heavy (non-hydrogen) atoms. The zero-order valence-corrected chi connectivity index (χ0v) is 13.5. The summed E-state index contributed by atoms with van der Waals surface area (Å²) in [5.74, 6) is -0.449. The molecule has 6 heteroatoms. The third kappa shape index (κ3) is 2.60. The van der Waals surface area contributed by atoms with E-state index in [1.807, 2.05) is 42.7 Å². The Bertz CT molecular complexity index is 757. The van der Waals surface area contributed by atoms with Gasteiger partial charge in [-0.1, -0.05) is 0 Å². The Morgan fingerprint density at radius 3 is 2.26 bits per heavy atom. The number of carbonyl (C=O) groups excluding carboxylic acids is 2. The molecule has 120 valence electrons. The number of benzene rings is 1. The summed E-state index contributed by atoms with van der Waals surface area (Å²) in [5.41, 5.74) is 2.85. The lowest BCUT2D eigenvalue weighted by atomic mass is 10.1. The number of nitrogens with one attached hydrogen (secondary N) is 2. The summed E-state index contributed by atoms with van der Waals surface area (Å²) >= 11 is 0. The number of amides is 2. The van der Waals surface area contributed by atoms with Gasteiger partial charge in [0.25, 0.3) is 0 Å². The Balaban J connectivity index is 1.75. The van der Waals surface area contributed by atoms with Crippen molar-refractivity contribution in [1.82, 2.24) is 14.9 Å². The Morgan fingerprint density at radius 1 is 1.13 bits per heavy atom. The molecule has 1 aromatic heterocycles. The van der Waals surface area contributed by atoms with Crippen molar-refractivity contribution in [3.05, 3.63) is 42.0 Å². The third-order valence-corrected chi connectivity index (χ3v) is 4.50. The lowest BCUT2D eigenvalue weighted by molar-refractivity contribution is -0.134. The van der Waals surface area contributed by atoms with E-state index in [2.05, 4.69) is 15.6 Å². The first-order chi connectivity index (χ1) is 11.0. The molecule has 1 heterocycles. The van der Waals surface area contributed by atoms with Crippen LogP contribution in [0.25, 0.3) is 5.69 Å². The Kier molecular flexibility index (Phi) is 3.67. The Labute approximate surface area is 134 Å². The summed E-state index contributed by atoms with van der Waals surface area (Å²) in [6.45, 7) is 3.98. The number of carbonyl (C=O) groups is 2. The molecule has 1 fully saturated rings. The molecular weight excluding hydrogens is 292 g/mol. The summed E-state index contributed by atoms with van der Waals surface area (Å²) in [5, 5.41) is 5.40. The molecule has 0 unspecified atom stereocenters. The van der Waals surface area contributed by atoms with Crippen LogP contribution in [0.3, 0.4) is 0 Å². The topological polar surface area (TPSA) is 76.0 Å². The predicted molar refractivity (Wildman–Crippen MR) is 87.4 cm³/mol. The monoisotopic (exact) mass is 312 g/mol. The van der Waals surface area contributed by atoms with Crippen molar-refractivity contribution >= 4 is 17.5 Å². The van der Waals surface area contributed by atoms with E-state index in [-0.39, 0.29) is 11.8 Å². The molecule has 6 nitrogen and oxygen atoms in total. The average molecular weight is 312 g/mol. The van der Waals surface area contributed by atoms with Crippen molar-refractivity contribution < 1.29 is 9.59 Å². The number of anilines is 1. The molecule has 2 aromatic rings. The lowest BCUT2D eigenvalue weighted by Crippen LogP contribution is -2.38. The number of aryl methyl sites for hydroxylation is 1. The minimum Gasteiger partial charge on any atom is -0.358 e. The zero-order valence-electron chi connectivity index (χ0n) is 13.5. The van der Waals surface area contributed by atoms with Gasteiger partial charge in [-0.3, -0.25) is 9.59 Å². The fourth-order valence-electron chi connectivity index (χ4n) is 2.64. The van der Waals surface area contributed by atoms with E-state index in [0.29, 0.717) is 18.5 Å². The molecule has 2 N–H and O–H groups in total. The third-order valence-electron chi connectivity index (χ3n) is 4.50. The van der Waals surface area contributed by atoms with Gasteiger partial charge in [0.05, 0.1) is 12.0 Å². The van der Waals surface area contributed by atoms with Gasteiger partial charge in [0.1, 0.15) is 5.41 Å². The largest absolute Gasteiger partial charge is 0.358 e. The molecule has 0 aliphatic heterocycles. The molecule has 0 bridgehead atoms. The summed E-state index contributed by atoms with van der Waals surface area (Å²) in [6, 6.07) is 7.51. The standard InChI is InChI=1S/C17H20N4O2/c1-11-12(2)21(10-19-11)14-6-4-13(5-7-14)20-16(23)17(8-9-17)15(22)18-3/h4-7,10H,8-9H2,1-3H3,(H,18,22)(H,20,23). The normalized spacial score (nSPS) is 15.1. The maximum atomic E-state index is 12.3. The van der Waals surface area contributed by atoms with Crippen LogP contribution in [0.15, 0.2) is 30.6 Å². The minimum atomic E-state index is -0.883. The quantitative estimate of drug-likeness (QED) is 0.847. The van der Waals surface area contributed by atoms with E-state index in [1.54, 1.807) is 13.4 Å². The molecule has 0 spiro atoms. The zero-order chi connectivity index (χ0) is 16.6. The fourth-order valence-corrected chi connectivity index (χ4v) is 2.64. The van der Waals surface area contributed by atoms with E-state index < -0.39 is 5.41 Å². The summed E-state index contributed by atoms with van der Waals surface area (Å²) in [6.07, 6.45) is 2.98. The molecule has 2 amide bonds. The van der Waals surface area contributed by atoms with E-state index in [9.17, 15) is 9.59 Å². The summed E-state index contributed by atoms with van der Waals surface area (Å²) in [7, 11) is 1.56. The van der Waals surface area contributed by atoms with Crippen molar-refractivity contribution in [1.29, 1.82) is 0 Å². The molecule has 0 atom stereocenters. The second-order valence-electron chi connectivity index (χ2n) is 5.95. The van der Waals surface area contributed by atoms with Gasteiger partial charge in [0, 0.05) is 24.1 Å². The number of hydrogen-bond acceptors (Lipinski definition) is 3.